The van der Waals surface area contributed by atoms with Gasteiger partial charge in [0.15, 0.2) is 0 Å². The molecular weight excluding hydrogens is 464 g/mol. The molecule has 0 radical (unpaired) electrons. The van der Waals surface area contributed by atoms with E-state index in [1.807, 2.05) is 0 Å². The van der Waals surface area contributed by atoms with Gasteiger partial charge < -0.3 is 9.64 Å². The Hall–Kier alpha value is -3.30. The fourth-order valence-electron chi connectivity index (χ4n) is 2.71. The summed E-state index contributed by atoms with van der Waals surface area (Å²) in [5.41, 5.74) is 0.697. The van der Waals surface area contributed by atoms with Crippen molar-refractivity contribution in [1.82, 2.24) is 14.7 Å². The van der Waals surface area contributed by atoms with Gasteiger partial charge in [-0.05, 0) is 26.4 Å². The van der Waals surface area contributed by atoms with E-state index in [4.69, 9.17) is 26.0 Å². The molecule has 0 atom stereocenters. The van der Waals surface area contributed by atoms with Crippen molar-refractivity contribution >= 4 is 21.7 Å². The van der Waals surface area contributed by atoms with Gasteiger partial charge in [0.05, 0.1) is 29.3 Å². The summed E-state index contributed by atoms with van der Waals surface area (Å²) in [6.07, 6.45) is -12.3. The summed E-state index contributed by atoms with van der Waals surface area (Å²) < 4.78 is 182. The van der Waals surface area contributed by atoms with Crippen molar-refractivity contribution in [3.05, 3.63) is 66.9 Å². The molecule has 0 aliphatic carbocycles. The monoisotopic (exact) mass is 515 g/mol. The molecule has 2 aromatic carbocycles. The van der Waals surface area contributed by atoms with Crippen LogP contribution in [-0.2, 0) is 19.6 Å². The van der Waals surface area contributed by atoms with E-state index in [1.165, 1.54) is 12.1 Å². The molecule has 0 saturated carbocycles. The minimum absolute atomic E-state index is 0.106. The maximum absolute atomic E-state index is 12.4. The molecule has 8 nitrogen and oxygen atoms in total. The first-order chi connectivity index (χ1) is 24.1. The molecule has 1 amide bonds. The summed E-state index contributed by atoms with van der Waals surface area (Å²) in [7, 11) is -5.64. The minimum atomic E-state index is -5.64. The van der Waals surface area contributed by atoms with E-state index in [9.17, 15) is 13.2 Å². The Labute approximate surface area is 234 Å². The van der Waals surface area contributed by atoms with Gasteiger partial charge in [0, 0.05) is 50.8 Å². The number of ether oxygens (including phenoxy) is 1. The van der Waals surface area contributed by atoms with Crippen LogP contribution in [0.1, 0.15) is 52.5 Å². The highest BCUT2D eigenvalue weighted by molar-refractivity contribution is 7.89. The Bertz CT molecular complexity index is 1910. The molecule has 1 N–H and O–H groups in total. The van der Waals surface area contributed by atoms with Crippen molar-refractivity contribution in [3.63, 3.8) is 0 Å². The number of aromatic nitrogens is 2. The SMILES string of the molecule is [2H]C([2H])(OC([2H])([2H])C([2H])([2H])C([2H])([2H])C([2H])([2H])N(c1cnc(-c2ccccc2)c(-c2ccccc2)n1)C(C([2H])([2H])[2H])C([2H])([2H])[2H])C(=O)NS(=O)(=O)C([2H])([2H])[2H]. The van der Waals surface area contributed by atoms with Crippen LogP contribution in [0, 0.1) is 0 Å². The Morgan fingerprint density at radius 3 is 2.34 bits per heavy atom. The van der Waals surface area contributed by atoms with Crippen molar-refractivity contribution in [2.75, 3.05) is 30.7 Å². The molecule has 0 fully saturated rings. The summed E-state index contributed by atoms with van der Waals surface area (Å²) in [5.74, 6) is -3.49. The summed E-state index contributed by atoms with van der Waals surface area (Å²) in [6, 6.07) is 12.9. The van der Waals surface area contributed by atoms with Crippen LogP contribution in [0.2, 0.25) is 0 Å². The van der Waals surface area contributed by atoms with E-state index in [0.29, 0.717) is 11.8 Å². The molecule has 35 heavy (non-hydrogen) atoms. The van der Waals surface area contributed by atoms with Gasteiger partial charge in [-0.2, -0.15) is 0 Å². The van der Waals surface area contributed by atoms with Crippen LogP contribution in [0.25, 0.3) is 22.5 Å². The molecule has 0 aliphatic heterocycles. The lowest BCUT2D eigenvalue weighted by molar-refractivity contribution is -0.123. The lowest BCUT2D eigenvalue weighted by Crippen LogP contribution is -2.33. The maximum Gasteiger partial charge on any atom is 0.259 e. The van der Waals surface area contributed by atoms with Gasteiger partial charge in [-0.25, -0.2) is 13.4 Å². The lowest BCUT2D eigenvalue weighted by Gasteiger charge is -2.28. The minimum Gasteiger partial charge on any atom is -0.372 e. The zero-order valence-electron chi connectivity index (χ0n) is 36.8. The van der Waals surface area contributed by atoms with Crippen LogP contribution < -0.4 is 9.62 Å². The Balaban J connectivity index is 2.30. The van der Waals surface area contributed by atoms with Gasteiger partial charge in [-0.1, -0.05) is 60.7 Å². The first-order valence-corrected chi connectivity index (χ1v) is 11.2. The Morgan fingerprint density at radius 1 is 1.06 bits per heavy atom. The molecule has 1 aromatic heterocycles. The third-order valence-corrected chi connectivity index (χ3v) is 4.53. The van der Waals surface area contributed by atoms with Crippen molar-refractivity contribution in [1.29, 1.82) is 0 Å². The first kappa shape index (κ1) is 10.8. The molecule has 9 heteroatoms. The van der Waals surface area contributed by atoms with Gasteiger partial charge in [0.25, 0.3) is 5.91 Å². The maximum atomic E-state index is 12.4. The van der Waals surface area contributed by atoms with Gasteiger partial charge in [0.1, 0.15) is 12.4 Å². The number of rotatable bonds is 12. The van der Waals surface area contributed by atoms with E-state index in [2.05, 4.69) is 14.7 Å². The Kier molecular flexibility index (Phi) is 3.82. The third-order valence-electron chi connectivity index (χ3n) is 4.07. The zero-order valence-corrected chi connectivity index (χ0v) is 18.6. The molecule has 0 unspecified atom stereocenters. The number of nitrogens with one attached hydrogen (secondary N) is 1. The molecule has 3 rings (SSSR count). The van der Waals surface area contributed by atoms with Crippen LogP contribution in [0.4, 0.5) is 5.82 Å². The predicted octanol–water partition coefficient (Wildman–Crippen LogP) is 3.90. The van der Waals surface area contributed by atoms with E-state index < -0.39 is 80.0 Å². The van der Waals surface area contributed by atoms with Crippen molar-refractivity contribution in [3.8, 4) is 22.5 Å². The summed E-state index contributed by atoms with van der Waals surface area (Å²) >= 11 is 0. The summed E-state index contributed by atoms with van der Waals surface area (Å²) in [4.78, 5) is 20.8. The summed E-state index contributed by atoms with van der Waals surface area (Å²) in [6.45, 7) is -20.6. The average Bonchev–Trinajstić information content (AvgIpc) is 3.01. The highest BCUT2D eigenvalue weighted by Crippen LogP contribution is 2.30. The topological polar surface area (TPSA) is 101 Å². The molecule has 3 aromatic rings. The van der Waals surface area contributed by atoms with E-state index >= 15 is 0 Å². The van der Waals surface area contributed by atoms with Crippen molar-refractivity contribution in [2.24, 2.45) is 0 Å². The Morgan fingerprint density at radius 2 is 1.71 bits per heavy atom. The highest BCUT2D eigenvalue weighted by atomic mass is 32.2. The second-order valence-corrected chi connectivity index (χ2v) is 7.74. The van der Waals surface area contributed by atoms with Crippen LogP contribution in [0.5, 0.6) is 0 Å². The fraction of sp³-hybridized carbons (Fsp3) is 0.346. The molecule has 186 valence electrons. The number of carbonyl (C=O) groups is 1. The van der Waals surface area contributed by atoms with E-state index in [-0.39, 0.29) is 21.9 Å². The van der Waals surface area contributed by atoms with Crippen LogP contribution in [-0.4, -0.2) is 56.1 Å². The molecule has 0 aliphatic rings. The number of hydrogen-bond acceptors (Lipinski definition) is 7. The number of benzene rings is 2. The second-order valence-electron chi connectivity index (χ2n) is 6.53. The van der Waals surface area contributed by atoms with Gasteiger partial charge in [-0.15, -0.1) is 0 Å². The number of carbonyl (C=O) groups excluding carboxylic acids is 1. The number of amides is 1. The molecule has 1 heterocycles. The van der Waals surface area contributed by atoms with Gasteiger partial charge in [0.2, 0.25) is 10.0 Å². The van der Waals surface area contributed by atoms with Crippen molar-refractivity contribution < 1.29 is 44.0 Å². The van der Waals surface area contributed by atoms with E-state index in [0.717, 1.165) is 4.72 Å². The largest absolute Gasteiger partial charge is 0.372 e. The second kappa shape index (κ2) is 12.4. The van der Waals surface area contributed by atoms with Crippen LogP contribution in [0.3, 0.4) is 0 Å². The van der Waals surface area contributed by atoms with Gasteiger partial charge in [-0.3, -0.25) is 14.5 Å². The standard InChI is InChI=1S/C26H32N4O4S/c1-20(2)30(16-10-11-17-34-19-24(31)29-35(3,32)33)23-18-27-25(21-12-6-4-7-13-21)26(28-23)22-14-8-5-9-15-22/h4-9,12-15,18,20H,10-11,16-17,19H2,1-3H3,(H,29,31)/i1D3,2D3,3D3,10D2,11D2,16D2,17D2,19D2. The molecule has 0 saturated heterocycles. The first-order valence-electron chi connectivity index (χ1n) is 19.2. The zero-order chi connectivity index (χ0) is 41.7. The number of nitrogens with zero attached hydrogens (tertiary/aromatic N) is 3. The molecular formula is C26H32N4O4S. The predicted molar refractivity (Wildman–Crippen MR) is 138 cm³/mol. The van der Waals surface area contributed by atoms with Crippen LogP contribution in [0.15, 0.2) is 66.9 Å². The van der Waals surface area contributed by atoms with E-state index in [1.54, 1.807) is 48.5 Å². The smallest absolute Gasteiger partial charge is 0.259 e. The fourth-order valence-corrected chi connectivity index (χ4v) is 2.99. The highest BCUT2D eigenvalue weighted by Gasteiger charge is 2.17. The molecule has 0 spiro atoms. The quantitative estimate of drug-likeness (QED) is 0.390. The summed E-state index contributed by atoms with van der Waals surface area (Å²) in [5, 5.41) is 0. The average molecular weight is 516 g/mol. The van der Waals surface area contributed by atoms with Crippen LogP contribution >= 0.6 is 0 Å². The molecule has 0 bridgehead atoms. The lowest BCUT2D eigenvalue weighted by atomic mass is 10.0. The number of hydrogen-bond donors (Lipinski definition) is 1. The van der Waals surface area contributed by atoms with Crippen molar-refractivity contribution in [2.45, 2.75) is 32.5 Å². The normalized spacial score (nSPS) is 22.6. The number of sulfonamides is 1. The number of anilines is 1. The van der Waals surface area contributed by atoms with Gasteiger partial charge >= 0.3 is 0 Å². The third kappa shape index (κ3) is 8.15.